The highest BCUT2D eigenvalue weighted by atomic mass is 32.2. The van der Waals surface area contributed by atoms with Gasteiger partial charge in [0.1, 0.15) is 5.75 Å². The van der Waals surface area contributed by atoms with Gasteiger partial charge in [0, 0.05) is 39.3 Å². The van der Waals surface area contributed by atoms with Crippen molar-refractivity contribution in [1.82, 2.24) is 4.98 Å². The SMILES string of the molecule is COc1c(C)cnc(CSc2ccc(NC(=O)Nc3cccc(C(F)(F)F)c3)cc2)c1C. The molecule has 0 unspecified atom stereocenters. The standard InChI is InChI=1S/C23H22F3N3O2S/c1-14-12-27-20(15(2)21(14)31-3)13-32-19-9-7-17(8-10-19)28-22(30)29-18-6-4-5-16(11-18)23(24,25)26/h4-12H,13H2,1-3H3,(H2,28,29,30). The molecule has 0 bridgehead atoms. The molecule has 0 saturated heterocycles. The van der Waals surface area contributed by atoms with Crippen molar-refractivity contribution in [2.75, 3.05) is 17.7 Å². The van der Waals surface area contributed by atoms with Crippen molar-refractivity contribution in [2.45, 2.75) is 30.7 Å². The highest BCUT2D eigenvalue weighted by molar-refractivity contribution is 7.98. The van der Waals surface area contributed by atoms with E-state index in [9.17, 15) is 18.0 Å². The first-order chi connectivity index (χ1) is 15.2. The van der Waals surface area contributed by atoms with E-state index in [4.69, 9.17) is 4.74 Å². The number of amides is 2. The first-order valence-electron chi connectivity index (χ1n) is 9.64. The maximum Gasteiger partial charge on any atom is 0.416 e. The predicted octanol–water partition coefficient (Wildman–Crippen LogP) is 6.66. The summed E-state index contributed by atoms with van der Waals surface area (Å²) in [6.07, 6.45) is -2.68. The van der Waals surface area contributed by atoms with E-state index in [1.807, 2.05) is 26.0 Å². The molecule has 0 aliphatic heterocycles. The number of hydrogen-bond donors (Lipinski definition) is 2. The Balaban J connectivity index is 1.58. The van der Waals surface area contributed by atoms with Gasteiger partial charge in [-0.1, -0.05) is 6.07 Å². The Kier molecular flexibility index (Phi) is 7.29. The number of nitrogens with one attached hydrogen (secondary N) is 2. The molecule has 2 N–H and O–H groups in total. The van der Waals surface area contributed by atoms with Crippen LogP contribution >= 0.6 is 11.8 Å². The number of pyridine rings is 1. The number of aryl methyl sites for hydroxylation is 1. The molecule has 2 aromatic carbocycles. The Morgan fingerprint density at radius 2 is 1.75 bits per heavy atom. The molecule has 3 rings (SSSR count). The molecule has 0 spiro atoms. The first-order valence-corrected chi connectivity index (χ1v) is 10.6. The number of carbonyl (C=O) groups excluding carboxylic acids is 1. The van der Waals surface area contributed by atoms with Crippen LogP contribution in [0.15, 0.2) is 59.6 Å². The van der Waals surface area contributed by atoms with E-state index in [2.05, 4.69) is 15.6 Å². The molecule has 0 aliphatic rings. The second kappa shape index (κ2) is 9.95. The van der Waals surface area contributed by atoms with Crippen LogP contribution in [0.5, 0.6) is 5.75 Å². The molecule has 1 aromatic heterocycles. The lowest BCUT2D eigenvalue weighted by atomic mass is 10.1. The highest BCUT2D eigenvalue weighted by Gasteiger charge is 2.30. The summed E-state index contributed by atoms with van der Waals surface area (Å²) in [6.45, 7) is 3.93. The zero-order valence-corrected chi connectivity index (χ0v) is 18.5. The number of hydrogen-bond acceptors (Lipinski definition) is 4. The third-order valence-electron chi connectivity index (χ3n) is 4.69. The van der Waals surface area contributed by atoms with Crippen LogP contribution < -0.4 is 15.4 Å². The second-order valence-electron chi connectivity index (χ2n) is 7.02. The van der Waals surface area contributed by atoms with Crippen LogP contribution in [0.4, 0.5) is 29.3 Å². The fourth-order valence-corrected chi connectivity index (χ4v) is 3.99. The van der Waals surface area contributed by atoms with Gasteiger partial charge in [-0.25, -0.2) is 4.79 Å². The van der Waals surface area contributed by atoms with Crippen molar-refractivity contribution >= 4 is 29.2 Å². The Bertz CT molecular complexity index is 1100. The number of benzene rings is 2. The fraction of sp³-hybridized carbons (Fsp3) is 0.217. The van der Waals surface area contributed by atoms with Gasteiger partial charge in [0.15, 0.2) is 0 Å². The van der Waals surface area contributed by atoms with Crippen LogP contribution in [0.1, 0.15) is 22.4 Å². The van der Waals surface area contributed by atoms with Crippen molar-refractivity contribution in [3.63, 3.8) is 0 Å². The van der Waals surface area contributed by atoms with E-state index >= 15 is 0 Å². The van der Waals surface area contributed by atoms with Crippen molar-refractivity contribution in [3.05, 3.63) is 77.1 Å². The lowest BCUT2D eigenvalue weighted by Crippen LogP contribution is -2.19. The van der Waals surface area contributed by atoms with E-state index < -0.39 is 17.8 Å². The molecule has 2 amide bonds. The highest BCUT2D eigenvalue weighted by Crippen LogP contribution is 2.31. The predicted molar refractivity (Wildman–Crippen MR) is 120 cm³/mol. The molecule has 0 aliphatic carbocycles. The molecule has 32 heavy (non-hydrogen) atoms. The maximum absolute atomic E-state index is 12.8. The van der Waals surface area contributed by atoms with Crippen LogP contribution in [0, 0.1) is 13.8 Å². The third kappa shape index (κ3) is 5.94. The second-order valence-corrected chi connectivity index (χ2v) is 8.07. The molecular weight excluding hydrogens is 439 g/mol. The van der Waals surface area contributed by atoms with Crippen LogP contribution in [-0.2, 0) is 11.9 Å². The monoisotopic (exact) mass is 461 g/mol. The topological polar surface area (TPSA) is 63.2 Å². The Morgan fingerprint density at radius 3 is 2.41 bits per heavy atom. The smallest absolute Gasteiger partial charge is 0.416 e. The normalized spacial score (nSPS) is 11.2. The Hall–Kier alpha value is -3.20. The minimum absolute atomic E-state index is 0.0564. The average molecular weight is 462 g/mol. The average Bonchev–Trinajstić information content (AvgIpc) is 2.74. The number of thioether (sulfide) groups is 1. The van der Waals surface area contributed by atoms with Crippen molar-refractivity contribution in [2.24, 2.45) is 0 Å². The summed E-state index contributed by atoms with van der Waals surface area (Å²) >= 11 is 1.59. The summed E-state index contributed by atoms with van der Waals surface area (Å²) in [4.78, 5) is 17.6. The van der Waals surface area contributed by atoms with Gasteiger partial charge in [0.05, 0.1) is 18.4 Å². The molecular formula is C23H22F3N3O2S. The zero-order chi connectivity index (χ0) is 23.3. The molecule has 168 valence electrons. The zero-order valence-electron chi connectivity index (χ0n) is 17.7. The van der Waals surface area contributed by atoms with Crippen LogP contribution in [0.3, 0.4) is 0 Å². The molecule has 0 radical (unpaired) electrons. The van der Waals surface area contributed by atoms with Crippen molar-refractivity contribution in [3.8, 4) is 5.75 Å². The van der Waals surface area contributed by atoms with E-state index in [0.29, 0.717) is 11.4 Å². The van der Waals surface area contributed by atoms with Gasteiger partial charge in [0.2, 0.25) is 0 Å². The number of halogens is 3. The number of anilines is 2. The summed E-state index contributed by atoms with van der Waals surface area (Å²) < 4.78 is 43.8. The Morgan fingerprint density at radius 1 is 1.06 bits per heavy atom. The number of nitrogens with zero attached hydrogens (tertiary/aromatic N) is 1. The minimum Gasteiger partial charge on any atom is -0.496 e. The summed E-state index contributed by atoms with van der Waals surface area (Å²) in [5.41, 5.74) is 2.67. The number of ether oxygens (including phenoxy) is 1. The van der Waals surface area contributed by atoms with Crippen LogP contribution in [-0.4, -0.2) is 18.1 Å². The van der Waals surface area contributed by atoms with Gasteiger partial charge in [0.25, 0.3) is 0 Å². The quantitative estimate of drug-likeness (QED) is 0.403. The third-order valence-corrected chi connectivity index (χ3v) is 5.71. The van der Waals surface area contributed by atoms with Crippen molar-refractivity contribution in [1.29, 1.82) is 0 Å². The summed E-state index contributed by atoms with van der Waals surface area (Å²) in [5, 5.41) is 5.02. The number of rotatable bonds is 6. The van der Waals surface area contributed by atoms with E-state index in [-0.39, 0.29) is 5.69 Å². The molecule has 0 atom stereocenters. The van der Waals surface area contributed by atoms with Crippen molar-refractivity contribution < 1.29 is 22.7 Å². The number of urea groups is 1. The minimum atomic E-state index is -4.47. The van der Waals surface area contributed by atoms with Gasteiger partial charge in [-0.2, -0.15) is 13.2 Å². The molecule has 9 heteroatoms. The van der Waals surface area contributed by atoms with Gasteiger partial charge in [-0.3, -0.25) is 4.98 Å². The summed E-state index contributed by atoms with van der Waals surface area (Å²) in [5.74, 6) is 1.49. The first kappa shape index (κ1) is 23.5. The van der Waals surface area contributed by atoms with E-state index in [1.165, 1.54) is 12.1 Å². The number of methoxy groups -OCH3 is 1. The van der Waals surface area contributed by atoms with Crippen LogP contribution in [0.25, 0.3) is 0 Å². The molecule has 5 nitrogen and oxygen atoms in total. The molecule has 0 fully saturated rings. The van der Waals surface area contributed by atoms with E-state index in [0.717, 1.165) is 39.6 Å². The number of alkyl halides is 3. The number of carbonyl (C=O) groups is 1. The van der Waals surface area contributed by atoms with Crippen LogP contribution in [0.2, 0.25) is 0 Å². The maximum atomic E-state index is 12.8. The lowest BCUT2D eigenvalue weighted by molar-refractivity contribution is -0.137. The molecule has 1 heterocycles. The van der Waals surface area contributed by atoms with Gasteiger partial charge in [-0.05, 0) is 56.3 Å². The molecule has 3 aromatic rings. The fourth-order valence-electron chi connectivity index (χ4n) is 3.07. The lowest BCUT2D eigenvalue weighted by Gasteiger charge is -2.12. The van der Waals surface area contributed by atoms with Gasteiger partial charge < -0.3 is 15.4 Å². The Labute approximate surface area is 188 Å². The largest absolute Gasteiger partial charge is 0.496 e. The van der Waals surface area contributed by atoms with Gasteiger partial charge in [-0.15, -0.1) is 11.8 Å². The summed E-state index contributed by atoms with van der Waals surface area (Å²) in [7, 11) is 1.64. The van der Waals surface area contributed by atoms with Gasteiger partial charge >= 0.3 is 12.2 Å². The number of aromatic nitrogens is 1. The molecule has 0 saturated carbocycles. The summed E-state index contributed by atoms with van der Waals surface area (Å²) in [6, 6.07) is 11.0. The van der Waals surface area contributed by atoms with E-state index in [1.54, 1.807) is 37.2 Å².